The lowest BCUT2D eigenvalue weighted by atomic mass is 9.76. The Labute approximate surface area is 213 Å². The summed E-state index contributed by atoms with van der Waals surface area (Å²) in [5, 5.41) is 10.8. The SMILES string of the molecule is CN1C(=O)C23CC(C#N)(CN4CCOCC4)C(c4cc5c(cc4Br)OCO5)N2C(=O)C1(C)SS3. The van der Waals surface area contributed by atoms with Crippen molar-refractivity contribution in [3.8, 4) is 17.6 Å². The first-order valence-electron chi connectivity index (χ1n) is 11.0. The maximum atomic E-state index is 14.0. The van der Waals surface area contributed by atoms with Crippen LogP contribution in [0.25, 0.3) is 0 Å². The molecule has 0 N–H and O–H groups in total. The summed E-state index contributed by atoms with van der Waals surface area (Å²) in [6.45, 7) is 4.93. The number of halogens is 1. The van der Waals surface area contributed by atoms with Gasteiger partial charge in [-0.15, -0.1) is 0 Å². The van der Waals surface area contributed by atoms with Crippen molar-refractivity contribution in [3.05, 3.63) is 22.2 Å². The van der Waals surface area contributed by atoms with Gasteiger partial charge in [-0.1, -0.05) is 37.5 Å². The van der Waals surface area contributed by atoms with E-state index in [2.05, 4.69) is 26.9 Å². The molecule has 6 aliphatic heterocycles. The monoisotopic (exact) mass is 566 g/mol. The molecule has 0 radical (unpaired) electrons. The van der Waals surface area contributed by atoms with Crippen LogP contribution in [-0.2, 0) is 14.3 Å². The molecule has 5 saturated heterocycles. The van der Waals surface area contributed by atoms with Crippen LogP contribution in [0.15, 0.2) is 16.6 Å². The number of hydrogen-bond donors (Lipinski definition) is 0. The minimum absolute atomic E-state index is 0.119. The lowest BCUT2D eigenvalue weighted by molar-refractivity contribution is -0.164. The van der Waals surface area contributed by atoms with Crippen LogP contribution in [0.1, 0.15) is 24.9 Å². The molecule has 7 rings (SSSR count). The fourth-order valence-electron chi connectivity index (χ4n) is 5.71. The van der Waals surface area contributed by atoms with Gasteiger partial charge in [-0.25, -0.2) is 0 Å². The molecule has 6 aliphatic rings. The summed E-state index contributed by atoms with van der Waals surface area (Å²) in [4.78, 5) is 31.1. The maximum absolute atomic E-state index is 14.0. The minimum Gasteiger partial charge on any atom is -0.454 e. The molecule has 180 valence electrons. The molecule has 5 fully saturated rings. The zero-order valence-corrected chi connectivity index (χ0v) is 21.9. The Morgan fingerprint density at radius 1 is 1.18 bits per heavy atom. The normalized spacial score (nSPS) is 36.7. The topological polar surface area (TPSA) is 95.3 Å². The van der Waals surface area contributed by atoms with Crippen molar-refractivity contribution in [2.45, 2.75) is 29.1 Å². The number of morpholine rings is 1. The van der Waals surface area contributed by atoms with Gasteiger partial charge in [-0.05, 0) is 24.6 Å². The van der Waals surface area contributed by atoms with Crippen molar-refractivity contribution in [1.82, 2.24) is 14.7 Å². The quantitative estimate of drug-likeness (QED) is 0.511. The van der Waals surface area contributed by atoms with E-state index >= 15 is 0 Å². The summed E-state index contributed by atoms with van der Waals surface area (Å²) in [5.74, 6) is 0.910. The van der Waals surface area contributed by atoms with Crippen LogP contribution in [0.5, 0.6) is 11.5 Å². The van der Waals surface area contributed by atoms with Crippen LogP contribution in [0.2, 0.25) is 0 Å². The van der Waals surface area contributed by atoms with Gasteiger partial charge in [-0.2, -0.15) is 5.26 Å². The van der Waals surface area contributed by atoms with Gasteiger partial charge in [0.2, 0.25) is 6.79 Å². The first-order chi connectivity index (χ1) is 16.3. The lowest BCUT2D eigenvalue weighted by Crippen LogP contribution is -2.73. The molecule has 4 atom stereocenters. The summed E-state index contributed by atoms with van der Waals surface area (Å²) < 4.78 is 17.4. The number of amides is 2. The number of fused-ring (bicyclic) bond motifs is 3. The van der Waals surface area contributed by atoms with Crippen molar-refractivity contribution in [2.75, 3.05) is 46.7 Å². The van der Waals surface area contributed by atoms with Gasteiger partial charge >= 0.3 is 0 Å². The molecule has 1 aromatic carbocycles. The Kier molecular flexibility index (Phi) is 5.14. The number of likely N-dealkylation sites (N-methyl/N-ethyl adjacent to an activating group) is 1. The molecule has 0 aromatic heterocycles. The van der Waals surface area contributed by atoms with Crippen molar-refractivity contribution in [1.29, 1.82) is 5.26 Å². The Bertz CT molecular complexity index is 1140. The van der Waals surface area contributed by atoms with Crippen LogP contribution in [0.4, 0.5) is 0 Å². The highest BCUT2D eigenvalue weighted by Crippen LogP contribution is 2.70. The van der Waals surface area contributed by atoms with Crippen LogP contribution in [-0.4, -0.2) is 82.9 Å². The largest absolute Gasteiger partial charge is 0.454 e. The molecule has 1 spiro atoms. The van der Waals surface area contributed by atoms with E-state index in [9.17, 15) is 14.9 Å². The molecule has 0 aliphatic carbocycles. The molecule has 0 saturated carbocycles. The van der Waals surface area contributed by atoms with E-state index < -0.39 is 21.2 Å². The smallest absolute Gasteiger partial charge is 0.261 e. The van der Waals surface area contributed by atoms with Gasteiger partial charge in [0.15, 0.2) is 21.2 Å². The van der Waals surface area contributed by atoms with Gasteiger partial charge in [0.05, 0.1) is 30.7 Å². The van der Waals surface area contributed by atoms with E-state index in [1.54, 1.807) is 23.8 Å². The van der Waals surface area contributed by atoms with Crippen molar-refractivity contribution < 1.29 is 23.8 Å². The summed E-state index contributed by atoms with van der Waals surface area (Å²) in [5.41, 5.74) is -0.260. The van der Waals surface area contributed by atoms with Crippen LogP contribution in [0.3, 0.4) is 0 Å². The molecule has 9 nitrogen and oxygen atoms in total. The van der Waals surface area contributed by atoms with Crippen molar-refractivity contribution in [3.63, 3.8) is 0 Å². The number of carbonyl (C=O) groups is 2. The van der Waals surface area contributed by atoms with Gasteiger partial charge in [0.25, 0.3) is 11.8 Å². The third-order valence-corrected chi connectivity index (χ3v) is 12.0. The average molecular weight is 567 g/mol. The minimum atomic E-state index is -1.14. The molecule has 12 heteroatoms. The second-order valence-electron chi connectivity index (χ2n) is 9.44. The predicted molar refractivity (Wildman–Crippen MR) is 129 cm³/mol. The first-order valence-corrected chi connectivity index (χ1v) is 14.0. The Hall–Kier alpha value is -1.65. The first kappa shape index (κ1) is 22.8. The van der Waals surface area contributed by atoms with Gasteiger partial charge < -0.3 is 24.0 Å². The number of rotatable bonds is 3. The van der Waals surface area contributed by atoms with Gasteiger partial charge in [0, 0.05) is 37.6 Å². The van der Waals surface area contributed by atoms with Crippen LogP contribution in [0, 0.1) is 16.7 Å². The average Bonchev–Trinajstić information content (AvgIpc) is 3.40. The van der Waals surface area contributed by atoms with Gasteiger partial charge in [-0.3, -0.25) is 14.5 Å². The number of nitrogens with zero attached hydrogens (tertiary/aromatic N) is 4. The predicted octanol–water partition coefficient (Wildman–Crippen LogP) is 2.57. The number of piperazine rings is 1. The Morgan fingerprint density at radius 3 is 2.59 bits per heavy atom. The molecule has 34 heavy (non-hydrogen) atoms. The van der Waals surface area contributed by atoms with Gasteiger partial charge in [0.1, 0.15) is 0 Å². The summed E-state index contributed by atoms with van der Waals surface area (Å²) in [6.07, 6.45) is 0.252. The fraction of sp³-hybridized carbons (Fsp3) is 0.591. The highest BCUT2D eigenvalue weighted by molar-refractivity contribution is 9.10. The van der Waals surface area contributed by atoms with Crippen molar-refractivity contribution >= 4 is 49.3 Å². The number of carbonyl (C=O) groups excluding carboxylic acids is 2. The third-order valence-electron chi connectivity index (χ3n) is 7.58. The number of ether oxygens (including phenoxy) is 3. The lowest BCUT2D eigenvalue weighted by Gasteiger charge is -2.57. The standard InChI is InChI=1S/C22H23BrN4O5S2/c1-20-18(28)27-17(13-7-15-16(8-14(13)23)32-12-31-15)21(10-24,11-26-3-5-30-6-4-26)9-22(27,34-33-20)19(29)25(20)2/h7-8,17H,3-6,9,11-12H2,1-2H3. The molecule has 1 aromatic rings. The molecule has 2 amide bonds. The third kappa shape index (κ3) is 2.88. The van der Waals surface area contributed by atoms with Crippen LogP contribution >= 0.6 is 37.5 Å². The van der Waals surface area contributed by atoms with E-state index in [-0.39, 0.29) is 25.0 Å². The van der Waals surface area contributed by atoms with E-state index in [4.69, 9.17) is 14.2 Å². The van der Waals surface area contributed by atoms with E-state index in [1.807, 2.05) is 12.1 Å². The highest BCUT2D eigenvalue weighted by Gasteiger charge is 2.76. The highest BCUT2D eigenvalue weighted by atomic mass is 79.9. The Balaban J connectivity index is 1.54. The fourth-order valence-corrected chi connectivity index (χ4v) is 9.79. The molecular formula is C22H23BrN4O5S2. The number of hydrogen-bond acceptors (Lipinski definition) is 9. The maximum Gasteiger partial charge on any atom is 0.261 e. The zero-order chi connectivity index (χ0) is 23.9. The summed E-state index contributed by atoms with van der Waals surface area (Å²) in [7, 11) is 4.52. The van der Waals surface area contributed by atoms with Crippen LogP contribution < -0.4 is 9.47 Å². The second kappa shape index (κ2) is 7.67. The van der Waals surface area contributed by atoms with E-state index in [0.717, 1.165) is 10.0 Å². The second-order valence-corrected chi connectivity index (χ2v) is 13.1. The molecule has 6 heterocycles. The summed E-state index contributed by atoms with van der Waals surface area (Å²) in [6, 6.07) is 5.65. The number of benzene rings is 1. The van der Waals surface area contributed by atoms with E-state index in [1.165, 1.54) is 21.6 Å². The summed E-state index contributed by atoms with van der Waals surface area (Å²) >= 11 is 3.67. The number of nitriles is 1. The molecule has 4 unspecified atom stereocenters. The van der Waals surface area contributed by atoms with E-state index in [0.29, 0.717) is 44.3 Å². The Morgan fingerprint density at radius 2 is 1.88 bits per heavy atom. The zero-order valence-electron chi connectivity index (χ0n) is 18.7. The molecule has 2 bridgehead atoms. The molecular weight excluding hydrogens is 544 g/mol. The van der Waals surface area contributed by atoms with Crippen molar-refractivity contribution in [2.24, 2.45) is 5.41 Å².